The molecule has 0 fully saturated rings. The molecule has 1 amide bonds. The maximum atomic E-state index is 12.9. The molecule has 3 rings (SSSR count). The Morgan fingerprint density at radius 3 is 2.53 bits per heavy atom. The van der Waals surface area contributed by atoms with Crippen molar-refractivity contribution in [2.75, 3.05) is 17.7 Å². The Morgan fingerprint density at radius 2 is 1.84 bits per heavy atom. The molecule has 1 aromatic heterocycles. The van der Waals surface area contributed by atoms with Crippen LogP contribution in [0.1, 0.15) is 30.5 Å². The van der Waals surface area contributed by atoms with Gasteiger partial charge in [-0.25, -0.2) is 17.9 Å². The van der Waals surface area contributed by atoms with Crippen molar-refractivity contribution in [3.63, 3.8) is 0 Å². The fourth-order valence-corrected chi connectivity index (χ4v) is 5.86. The highest BCUT2D eigenvalue weighted by Gasteiger charge is 2.21. The van der Waals surface area contributed by atoms with Gasteiger partial charge in [0.25, 0.3) is 0 Å². The van der Waals surface area contributed by atoms with Gasteiger partial charge in [-0.1, -0.05) is 71.1 Å². The van der Waals surface area contributed by atoms with E-state index < -0.39 is 22.2 Å². The molecule has 0 bridgehead atoms. The number of anilines is 1. The number of hydrogen-bond donors (Lipinski definition) is 2. The molecular formula is C21H24N4O4S3. The number of sulfonamides is 1. The molecule has 0 radical (unpaired) electrons. The first kappa shape index (κ1) is 24.2. The SMILES string of the molecule is CCOC(=O)Nc1nnc(SCCC(NS(=O)(=O)c2ccc(C)cc2)c2ccccc2)s1. The van der Waals surface area contributed by atoms with Gasteiger partial charge in [-0.3, -0.25) is 5.32 Å². The summed E-state index contributed by atoms with van der Waals surface area (Å²) in [6.07, 6.45) is -0.0326. The summed E-state index contributed by atoms with van der Waals surface area (Å²) in [6, 6.07) is 15.8. The molecule has 32 heavy (non-hydrogen) atoms. The summed E-state index contributed by atoms with van der Waals surface area (Å²) in [5.74, 6) is 0.601. The van der Waals surface area contributed by atoms with Crippen LogP contribution in [-0.2, 0) is 14.8 Å². The first-order valence-corrected chi connectivity index (χ1v) is 13.2. The highest BCUT2D eigenvalue weighted by Crippen LogP contribution is 2.29. The number of nitrogens with zero attached hydrogens (tertiary/aromatic N) is 2. The average Bonchev–Trinajstić information content (AvgIpc) is 3.21. The van der Waals surface area contributed by atoms with Crippen molar-refractivity contribution >= 4 is 44.3 Å². The molecule has 0 saturated carbocycles. The molecule has 0 aliphatic carbocycles. The molecular weight excluding hydrogens is 468 g/mol. The molecule has 3 aromatic rings. The summed E-state index contributed by atoms with van der Waals surface area (Å²) in [7, 11) is -3.68. The fraction of sp³-hybridized carbons (Fsp3) is 0.286. The summed E-state index contributed by atoms with van der Waals surface area (Å²) < 4.78 is 34.2. The summed E-state index contributed by atoms with van der Waals surface area (Å²) in [5.41, 5.74) is 1.87. The van der Waals surface area contributed by atoms with Crippen LogP contribution < -0.4 is 10.0 Å². The largest absolute Gasteiger partial charge is 0.450 e. The molecule has 1 atom stereocenters. The third-order valence-corrected chi connectivity index (χ3v) is 7.85. The van der Waals surface area contributed by atoms with Gasteiger partial charge < -0.3 is 4.74 Å². The first-order valence-electron chi connectivity index (χ1n) is 9.91. The maximum absolute atomic E-state index is 12.9. The van der Waals surface area contributed by atoms with Crippen molar-refractivity contribution in [1.29, 1.82) is 0 Å². The molecule has 170 valence electrons. The van der Waals surface area contributed by atoms with Crippen LogP contribution in [0, 0.1) is 6.92 Å². The van der Waals surface area contributed by atoms with E-state index in [1.807, 2.05) is 37.3 Å². The fourth-order valence-electron chi connectivity index (χ4n) is 2.79. The molecule has 2 aromatic carbocycles. The van der Waals surface area contributed by atoms with Gasteiger partial charge in [0, 0.05) is 11.8 Å². The minimum absolute atomic E-state index is 0.232. The zero-order chi connectivity index (χ0) is 23.0. The zero-order valence-electron chi connectivity index (χ0n) is 17.6. The zero-order valence-corrected chi connectivity index (χ0v) is 20.1. The van der Waals surface area contributed by atoms with E-state index in [-0.39, 0.29) is 11.5 Å². The van der Waals surface area contributed by atoms with Crippen molar-refractivity contribution in [2.24, 2.45) is 0 Å². The highest BCUT2D eigenvalue weighted by molar-refractivity contribution is 8.01. The van der Waals surface area contributed by atoms with Crippen molar-refractivity contribution in [2.45, 2.75) is 35.5 Å². The second-order valence-electron chi connectivity index (χ2n) is 6.75. The summed E-state index contributed by atoms with van der Waals surface area (Å²) in [4.78, 5) is 11.7. The Bertz CT molecular complexity index is 1120. The van der Waals surface area contributed by atoms with Gasteiger partial charge in [-0.15, -0.1) is 10.2 Å². The van der Waals surface area contributed by atoms with E-state index in [0.29, 0.717) is 21.6 Å². The molecule has 0 aliphatic heterocycles. The number of thioether (sulfide) groups is 1. The van der Waals surface area contributed by atoms with Crippen LogP contribution >= 0.6 is 23.1 Å². The Kier molecular flexibility index (Phi) is 8.62. The molecule has 2 N–H and O–H groups in total. The number of ether oxygens (including phenoxy) is 1. The molecule has 0 saturated heterocycles. The number of amides is 1. The van der Waals surface area contributed by atoms with Crippen molar-refractivity contribution < 1.29 is 17.9 Å². The van der Waals surface area contributed by atoms with Gasteiger partial charge in [0.1, 0.15) is 0 Å². The van der Waals surface area contributed by atoms with E-state index in [1.165, 1.54) is 23.1 Å². The van der Waals surface area contributed by atoms with Crippen molar-refractivity contribution in [3.8, 4) is 0 Å². The van der Waals surface area contributed by atoms with Crippen molar-refractivity contribution in [3.05, 3.63) is 65.7 Å². The average molecular weight is 493 g/mol. The van der Waals surface area contributed by atoms with E-state index in [1.54, 1.807) is 31.2 Å². The first-order chi connectivity index (χ1) is 15.4. The number of carbonyl (C=O) groups excluding carboxylic acids is 1. The third kappa shape index (κ3) is 7.02. The summed E-state index contributed by atoms with van der Waals surface area (Å²) in [6.45, 7) is 3.90. The lowest BCUT2D eigenvalue weighted by Gasteiger charge is -2.19. The van der Waals surface area contributed by atoms with Gasteiger partial charge in [-0.2, -0.15) is 0 Å². The molecule has 1 heterocycles. The lowest BCUT2D eigenvalue weighted by molar-refractivity contribution is 0.168. The number of rotatable bonds is 10. The molecule has 0 aliphatic rings. The normalized spacial score (nSPS) is 12.3. The van der Waals surface area contributed by atoms with Gasteiger partial charge in [0.05, 0.1) is 11.5 Å². The molecule has 0 spiro atoms. The Morgan fingerprint density at radius 1 is 1.12 bits per heavy atom. The smallest absolute Gasteiger partial charge is 0.413 e. The van der Waals surface area contributed by atoms with Crippen LogP contribution in [0.5, 0.6) is 0 Å². The number of nitrogens with one attached hydrogen (secondary N) is 2. The van der Waals surface area contributed by atoms with Gasteiger partial charge in [0.15, 0.2) is 4.34 Å². The molecule has 11 heteroatoms. The highest BCUT2D eigenvalue weighted by atomic mass is 32.2. The van der Waals surface area contributed by atoms with Crippen LogP contribution in [0.25, 0.3) is 0 Å². The van der Waals surface area contributed by atoms with Crippen LogP contribution in [0.15, 0.2) is 63.8 Å². The second-order valence-corrected chi connectivity index (χ2v) is 10.8. The minimum atomic E-state index is -3.68. The standard InChI is InChI=1S/C21H24N4O4S3/c1-3-29-20(26)22-19-23-24-21(31-19)30-14-13-18(16-7-5-4-6-8-16)25-32(27,28)17-11-9-15(2)10-12-17/h4-12,18,25H,3,13-14H2,1-2H3,(H,22,23,26). The predicted molar refractivity (Wildman–Crippen MR) is 127 cm³/mol. The minimum Gasteiger partial charge on any atom is -0.450 e. The Labute approximate surface area is 195 Å². The van der Waals surface area contributed by atoms with Crippen LogP contribution in [0.2, 0.25) is 0 Å². The maximum Gasteiger partial charge on any atom is 0.413 e. The number of carbonyl (C=O) groups is 1. The number of aromatic nitrogens is 2. The van der Waals surface area contributed by atoms with E-state index >= 15 is 0 Å². The predicted octanol–water partition coefficient (Wildman–Crippen LogP) is 4.62. The van der Waals surface area contributed by atoms with E-state index in [0.717, 1.165) is 11.1 Å². The van der Waals surface area contributed by atoms with Crippen LogP contribution in [0.3, 0.4) is 0 Å². The van der Waals surface area contributed by atoms with Gasteiger partial charge in [-0.05, 0) is 38.0 Å². The molecule has 8 nitrogen and oxygen atoms in total. The Balaban J connectivity index is 1.65. The van der Waals surface area contributed by atoms with E-state index in [9.17, 15) is 13.2 Å². The van der Waals surface area contributed by atoms with Crippen LogP contribution in [0.4, 0.5) is 9.93 Å². The monoisotopic (exact) mass is 492 g/mol. The van der Waals surface area contributed by atoms with Crippen molar-refractivity contribution in [1.82, 2.24) is 14.9 Å². The van der Waals surface area contributed by atoms with Gasteiger partial charge >= 0.3 is 6.09 Å². The van der Waals surface area contributed by atoms with Gasteiger partial charge in [0.2, 0.25) is 15.2 Å². The number of aryl methyl sites for hydroxylation is 1. The lowest BCUT2D eigenvalue weighted by Crippen LogP contribution is -2.29. The number of hydrogen-bond acceptors (Lipinski definition) is 8. The topological polar surface area (TPSA) is 110 Å². The quantitative estimate of drug-likeness (QED) is 0.314. The summed E-state index contributed by atoms with van der Waals surface area (Å²) >= 11 is 2.68. The van der Waals surface area contributed by atoms with Crippen LogP contribution in [-0.4, -0.2) is 37.1 Å². The second kappa shape index (κ2) is 11.4. The Hall–Kier alpha value is -2.47. The van der Waals surface area contributed by atoms with E-state index in [4.69, 9.17) is 4.74 Å². The summed E-state index contributed by atoms with van der Waals surface area (Å²) in [5, 5.41) is 10.8. The lowest BCUT2D eigenvalue weighted by atomic mass is 10.1. The van der Waals surface area contributed by atoms with E-state index in [2.05, 4.69) is 20.2 Å². The third-order valence-electron chi connectivity index (χ3n) is 4.35. The number of benzene rings is 2. The molecule has 1 unspecified atom stereocenters.